The predicted octanol–water partition coefficient (Wildman–Crippen LogP) is 6.06. The van der Waals surface area contributed by atoms with Crippen LogP contribution in [0, 0.1) is 0 Å². The summed E-state index contributed by atoms with van der Waals surface area (Å²) in [6.07, 6.45) is -3.41. The molecular weight excluding hydrogens is 496 g/mol. The molecule has 1 aromatic carbocycles. The first kappa shape index (κ1) is 27.4. The zero-order chi connectivity index (χ0) is 26.6. The van der Waals surface area contributed by atoms with E-state index in [-0.39, 0.29) is 11.6 Å². The van der Waals surface area contributed by atoms with Gasteiger partial charge in [-0.1, -0.05) is 36.8 Å². The van der Waals surface area contributed by atoms with Gasteiger partial charge in [-0.15, -0.1) is 0 Å². The first-order valence-electron chi connectivity index (χ1n) is 12.6. The van der Waals surface area contributed by atoms with E-state index < -0.39 is 41.9 Å². The average Bonchev–Trinajstić information content (AvgIpc) is 2.88. The molecule has 2 saturated heterocycles. The SMILES string of the molecule is O=C(N/C=C1/C=C(C(F)(F)F)C=C(C(F)(F)F)C1)C(c1ccccc1)N1CCC(N2CCCCC2)CC1. The molecule has 4 rings (SSSR count). The van der Waals surface area contributed by atoms with Crippen LogP contribution < -0.4 is 5.32 Å². The summed E-state index contributed by atoms with van der Waals surface area (Å²) in [6, 6.07) is 8.79. The highest BCUT2D eigenvalue weighted by molar-refractivity contribution is 5.84. The minimum absolute atomic E-state index is 0.123. The number of hydrogen-bond acceptors (Lipinski definition) is 3. The van der Waals surface area contributed by atoms with Crippen molar-refractivity contribution in [3.8, 4) is 0 Å². The highest BCUT2D eigenvalue weighted by atomic mass is 19.4. The zero-order valence-corrected chi connectivity index (χ0v) is 20.4. The lowest BCUT2D eigenvalue weighted by Gasteiger charge is -2.42. The highest BCUT2D eigenvalue weighted by Gasteiger charge is 2.41. The van der Waals surface area contributed by atoms with Gasteiger partial charge in [0.15, 0.2) is 0 Å². The van der Waals surface area contributed by atoms with Crippen LogP contribution in [0.25, 0.3) is 0 Å². The molecule has 0 radical (unpaired) electrons. The van der Waals surface area contributed by atoms with Gasteiger partial charge < -0.3 is 10.2 Å². The number of amides is 1. The van der Waals surface area contributed by atoms with Crippen molar-refractivity contribution in [1.29, 1.82) is 0 Å². The fourth-order valence-electron chi connectivity index (χ4n) is 5.39. The summed E-state index contributed by atoms with van der Waals surface area (Å²) in [5.41, 5.74) is -2.24. The molecule has 3 aliphatic rings. The lowest BCUT2D eigenvalue weighted by atomic mass is 9.94. The van der Waals surface area contributed by atoms with Gasteiger partial charge in [-0.2, -0.15) is 26.3 Å². The molecule has 10 heteroatoms. The number of carbonyl (C=O) groups excluding carboxylic acids is 1. The van der Waals surface area contributed by atoms with Crippen LogP contribution in [0.15, 0.2) is 65.4 Å². The first-order chi connectivity index (χ1) is 17.5. The summed E-state index contributed by atoms with van der Waals surface area (Å²) >= 11 is 0. The van der Waals surface area contributed by atoms with Crippen molar-refractivity contribution in [3.63, 3.8) is 0 Å². The van der Waals surface area contributed by atoms with E-state index >= 15 is 0 Å². The monoisotopic (exact) mass is 527 g/mol. The molecule has 37 heavy (non-hydrogen) atoms. The lowest BCUT2D eigenvalue weighted by molar-refractivity contribution is -0.126. The van der Waals surface area contributed by atoms with Gasteiger partial charge in [-0.05, 0) is 62.1 Å². The Labute approximate surface area is 212 Å². The Hall–Kier alpha value is -2.59. The van der Waals surface area contributed by atoms with Gasteiger partial charge in [-0.3, -0.25) is 9.69 Å². The number of alkyl halides is 6. The van der Waals surface area contributed by atoms with Gasteiger partial charge in [0.05, 0.1) is 5.57 Å². The van der Waals surface area contributed by atoms with Crippen molar-refractivity contribution in [2.24, 2.45) is 0 Å². The summed E-state index contributed by atoms with van der Waals surface area (Å²) in [5.74, 6) is -0.486. The van der Waals surface area contributed by atoms with Gasteiger partial charge in [0, 0.05) is 37.3 Å². The third-order valence-corrected chi connectivity index (χ3v) is 7.29. The number of allylic oxidation sites excluding steroid dienone is 5. The molecule has 1 aromatic rings. The minimum Gasteiger partial charge on any atom is -0.331 e. The van der Waals surface area contributed by atoms with Crippen molar-refractivity contribution in [3.05, 3.63) is 71.0 Å². The van der Waals surface area contributed by atoms with Crippen molar-refractivity contribution >= 4 is 5.91 Å². The van der Waals surface area contributed by atoms with Crippen LogP contribution in [-0.2, 0) is 4.79 Å². The Bertz CT molecular complexity index is 1030. The van der Waals surface area contributed by atoms with Gasteiger partial charge in [0.2, 0.25) is 5.91 Å². The van der Waals surface area contributed by atoms with E-state index in [1.165, 1.54) is 19.3 Å². The summed E-state index contributed by atoms with van der Waals surface area (Å²) in [5, 5.41) is 2.51. The van der Waals surface area contributed by atoms with E-state index in [2.05, 4.69) is 10.2 Å². The molecule has 0 saturated carbocycles. The molecule has 0 bridgehead atoms. The molecule has 1 amide bonds. The lowest BCUT2D eigenvalue weighted by Crippen LogP contribution is -2.49. The fraction of sp³-hybridized carbons (Fsp3) is 0.519. The molecule has 1 unspecified atom stereocenters. The quantitative estimate of drug-likeness (QED) is 0.473. The minimum atomic E-state index is -4.94. The van der Waals surface area contributed by atoms with E-state index in [1.54, 1.807) is 24.3 Å². The summed E-state index contributed by atoms with van der Waals surface area (Å²) in [7, 11) is 0. The highest BCUT2D eigenvalue weighted by Crippen LogP contribution is 2.39. The number of likely N-dealkylation sites (tertiary alicyclic amines) is 2. The Morgan fingerprint density at radius 2 is 1.54 bits per heavy atom. The number of benzene rings is 1. The van der Waals surface area contributed by atoms with Crippen molar-refractivity contribution in [1.82, 2.24) is 15.1 Å². The molecule has 1 aliphatic carbocycles. The van der Waals surface area contributed by atoms with Gasteiger partial charge >= 0.3 is 12.4 Å². The van der Waals surface area contributed by atoms with E-state index in [4.69, 9.17) is 0 Å². The predicted molar refractivity (Wildman–Crippen MR) is 128 cm³/mol. The second-order valence-corrected chi connectivity index (χ2v) is 9.85. The molecule has 1 atom stereocenters. The topological polar surface area (TPSA) is 35.6 Å². The number of halogens is 6. The first-order valence-corrected chi connectivity index (χ1v) is 12.6. The average molecular weight is 528 g/mol. The molecular formula is C27H31F6N3O. The molecule has 1 N–H and O–H groups in total. The molecule has 2 aliphatic heterocycles. The maximum Gasteiger partial charge on any atom is 0.416 e. The summed E-state index contributed by atoms with van der Waals surface area (Å²) < 4.78 is 79.4. The van der Waals surface area contributed by atoms with Gasteiger partial charge in [0.25, 0.3) is 0 Å². The maximum absolute atomic E-state index is 13.3. The second-order valence-electron chi connectivity index (χ2n) is 9.85. The molecule has 0 spiro atoms. The number of hydrogen-bond donors (Lipinski definition) is 1. The van der Waals surface area contributed by atoms with Gasteiger partial charge in [0.1, 0.15) is 6.04 Å². The maximum atomic E-state index is 13.3. The van der Waals surface area contributed by atoms with Crippen molar-refractivity contribution < 1.29 is 31.1 Å². The van der Waals surface area contributed by atoms with Crippen molar-refractivity contribution in [2.75, 3.05) is 26.2 Å². The fourth-order valence-corrected chi connectivity index (χ4v) is 5.39. The van der Waals surface area contributed by atoms with Crippen LogP contribution in [0.3, 0.4) is 0 Å². The molecule has 0 aromatic heterocycles. The summed E-state index contributed by atoms with van der Waals surface area (Å²) in [6.45, 7) is 3.51. The standard InChI is InChI=1S/C27H31F6N3O/c28-26(29,30)21-15-19(16-22(17-21)27(31,32)33)18-34-25(37)24(20-7-3-1-4-8-20)36-13-9-23(10-14-36)35-11-5-2-6-12-35/h1,3-4,7-8,15,17-18,23-24H,2,5-6,9-14,16H2,(H,34,37)/b19-18-. The normalized spacial score (nSPS) is 22.9. The van der Waals surface area contributed by atoms with Crippen molar-refractivity contribution in [2.45, 2.75) is 63.0 Å². The van der Waals surface area contributed by atoms with Gasteiger partial charge in [-0.25, -0.2) is 0 Å². The molecule has 2 heterocycles. The zero-order valence-electron chi connectivity index (χ0n) is 20.4. The number of nitrogens with one attached hydrogen (secondary N) is 1. The van der Waals surface area contributed by atoms with Crippen LogP contribution in [-0.4, -0.2) is 60.3 Å². The van der Waals surface area contributed by atoms with Crippen LogP contribution in [0.5, 0.6) is 0 Å². The third-order valence-electron chi connectivity index (χ3n) is 7.29. The Balaban J connectivity index is 1.50. The van der Waals surface area contributed by atoms with E-state index in [1.807, 2.05) is 11.0 Å². The van der Waals surface area contributed by atoms with E-state index in [0.717, 1.165) is 37.7 Å². The number of nitrogens with zero attached hydrogens (tertiary/aromatic N) is 2. The largest absolute Gasteiger partial charge is 0.416 e. The van der Waals surface area contributed by atoms with E-state index in [9.17, 15) is 31.1 Å². The second kappa shape index (κ2) is 11.4. The Morgan fingerprint density at radius 1 is 0.892 bits per heavy atom. The Kier molecular flexibility index (Phi) is 8.48. The van der Waals surface area contributed by atoms with Crippen LogP contribution in [0.2, 0.25) is 0 Å². The third kappa shape index (κ3) is 7.04. The molecule has 4 nitrogen and oxygen atoms in total. The molecule has 2 fully saturated rings. The van der Waals surface area contributed by atoms with Crippen LogP contribution in [0.4, 0.5) is 26.3 Å². The smallest absolute Gasteiger partial charge is 0.331 e. The number of rotatable bonds is 5. The number of piperidine rings is 2. The van der Waals surface area contributed by atoms with Crippen LogP contribution >= 0.6 is 0 Å². The van der Waals surface area contributed by atoms with Crippen LogP contribution in [0.1, 0.15) is 50.1 Å². The summed E-state index contributed by atoms with van der Waals surface area (Å²) in [4.78, 5) is 17.9. The van der Waals surface area contributed by atoms with E-state index in [0.29, 0.717) is 25.2 Å². The molecule has 202 valence electrons. The number of carbonyl (C=O) groups is 1. The Morgan fingerprint density at radius 3 is 2.14 bits per heavy atom.